The van der Waals surface area contributed by atoms with Gasteiger partial charge in [0, 0.05) is 13.2 Å². The summed E-state index contributed by atoms with van der Waals surface area (Å²) in [6, 6.07) is -0.591. The Balaban J connectivity index is 2.01. The van der Waals surface area contributed by atoms with E-state index >= 15 is 0 Å². The molecule has 2 N–H and O–H groups in total. The topological polar surface area (TPSA) is 88.1 Å². The fourth-order valence-electron chi connectivity index (χ4n) is 2.65. The van der Waals surface area contributed by atoms with Crippen LogP contribution in [0.4, 0.5) is 4.79 Å². The minimum Gasteiger partial charge on any atom is -0.481 e. The molecule has 3 atom stereocenters. The molecule has 0 saturated carbocycles. The number of rotatable bonds is 5. The molecular formula is C13H22N2O5. The maximum absolute atomic E-state index is 12.4. The van der Waals surface area contributed by atoms with E-state index in [1.807, 2.05) is 6.92 Å². The Kier molecular flexibility index (Phi) is 5.19. The number of ether oxygens (including phenoxy) is 2. The molecule has 0 spiro atoms. The second-order valence-electron chi connectivity index (χ2n) is 5.25. The summed E-state index contributed by atoms with van der Waals surface area (Å²) >= 11 is 0. The molecule has 0 aromatic carbocycles. The van der Waals surface area contributed by atoms with Gasteiger partial charge in [-0.05, 0) is 12.8 Å². The van der Waals surface area contributed by atoms with Crippen molar-refractivity contribution in [1.29, 1.82) is 0 Å². The lowest BCUT2D eigenvalue weighted by atomic mass is 10.0. The minimum atomic E-state index is -0.911. The van der Waals surface area contributed by atoms with Crippen LogP contribution in [0.25, 0.3) is 0 Å². The van der Waals surface area contributed by atoms with Gasteiger partial charge in [0.2, 0.25) is 0 Å². The van der Waals surface area contributed by atoms with Crippen LogP contribution in [0, 0.1) is 5.92 Å². The van der Waals surface area contributed by atoms with Crippen LogP contribution < -0.4 is 5.32 Å². The number of carbonyl (C=O) groups excluding carboxylic acids is 1. The average Bonchev–Trinajstić information content (AvgIpc) is 3.06. The first-order valence-electron chi connectivity index (χ1n) is 7.09. The van der Waals surface area contributed by atoms with E-state index < -0.39 is 17.9 Å². The summed E-state index contributed by atoms with van der Waals surface area (Å²) in [5, 5.41) is 12.1. The Morgan fingerprint density at radius 3 is 2.70 bits per heavy atom. The highest BCUT2D eigenvalue weighted by molar-refractivity contribution is 5.77. The molecule has 2 fully saturated rings. The third kappa shape index (κ3) is 3.40. The molecule has 0 aromatic rings. The normalized spacial score (nSPS) is 29.4. The quantitative estimate of drug-likeness (QED) is 0.758. The third-order valence-corrected chi connectivity index (χ3v) is 3.75. The van der Waals surface area contributed by atoms with Gasteiger partial charge in [-0.1, -0.05) is 6.92 Å². The van der Waals surface area contributed by atoms with Crippen LogP contribution in [0.2, 0.25) is 0 Å². The van der Waals surface area contributed by atoms with Crippen molar-refractivity contribution in [2.45, 2.75) is 31.8 Å². The van der Waals surface area contributed by atoms with Gasteiger partial charge < -0.3 is 24.8 Å². The van der Waals surface area contributed by atoms with Gasteiger partial charge in [0.05, 0.1) is 31.9 Å². The zero-order chi connectivity index (χ0) is 14.5. The lowest BCUT2D eigenvalue weighted by Gasteiger charge is -2.31. The Labute approximate surface area is 118 Å². The summed E-state index contributed by atoms with van der Waals surface area (Å²) in [4.78, 5) is 25.2. The van der Waals surface area contributed by atoms with Gasteiger partial charge in [-0.2, -0.15) is 0 Å². The van der Waals surface area contributed by atoms with Gasteiger partial charge in [0.15, 0.2) is 0 Å². The zero-order valence-electron chi connectivity index (χ0n) is 11.7. The van der Waals surface area contributed by atoms with E-state index in [9.17, 15) is 14.7 Å². The van der Waals surface area contributed by atoms with Gasteiger partial charge >= 0.3 is 12.0 Å². The molecule has 2 saturated heterocycles. The monoisotopic (exact) mass is 286 g/mol. The van der Waals surface area contributed by atoms with Crippen LogP contribution >= 0.6 is 0 Å². The molecular weight excluding hydrogens is 264 g/mol. The number of hydrogen-bond donors (Lipinski definition) is 2. The van der Waals surface area contributed by atoms with Crippen LogP contribution in [0.5, 0.6) is 0 Å². The van der Waals surface area contributed by atoms with Crippen molar-refractivity contribution >= 4 is 12.0 Å². The van der Waals surface area contributed by atoms with Gasteiger partial charge in [0.25, 0.3) is 0 Å². The number of amides is 2. The molecule has 2 aliphatic rings. The van der Waals surface area contributed by atoms with Crippen molar-refractivity contribution < 1.29 is 24.2 Å². The maximum atomic E-state index is 12.4. The first-order valence-corrected chi connectivity index (χ1v) is 7.09. The predicted molar refractivity (Wildman–Crippen MR) is 70.5 cm³/mol. The highest BCUT2D eigenvalue weighted by Gasteiger charge is 2.40. The summed E-state index contributed by atoms with van der Waals surface area (Å²) in [6.07, 6.45) is 1.58. The number of aliphatic carboxylic acids is 1. The van der Waals surface area contributed by atoms with Crippen LogP contribution in [0.15, 0.2) is 0 Å². The van der Waals surface area contributed by atoms with Crippen molar-refractivity contribution in [1.82, 2.24) is 10.2 Å². The summed E-state index contributed by atoms with van der Waals surface area (Å²) in [5.74, 6) is -1.56. The highest BCUT2D eigenvalue weighted by Crippen LogP contribution is 2.21. The molecule has 0 aliphatic carbocycles. The van der Waals surface area contributed by atoms with Gasteiger partial charge in [-0.25, -0.2) is 4.79 Å². The van der Waals surface area contributed by atoms with Crippen LogP contribution in [-0.2, 0) is 14.3 Å². The molecule has 7 nitrogen and oxygen atoms in total. The van der Waals surface area contributed by atoms with Gasteiger partial charge in [-0.3, -0.25) is 4.79 Å². The number of hydrogen-bond acceptors (Lipinski definition) is 4. The molecule has 7 heteroatoms. The van der Waals surface area contributed by atoms with E-state index in [0.717, 1.165) is 12.8 Å². The molecule has 3 unspecified atom stereocenters. The average molecular weight is 286 g/mol. The van der Waals surface area contributed by atoms with E-state index in [2.05, 4.69) is 5.32 Å². The van der Waals surface area contributed by atoms with Crippen molar-refractivity contribution in [2.24, 2.45) is 5.92 Å². The molecule has 2 rings (SSSR count). The number of nitrogens with one attached hydrogen (secondary N) is 1. The van der Waals surface area contributed by atoms with Crippen LogP contribution in [0.1, 0.15) is 19.8 Å². The van der Waals surface area contributed by atoms with Crippen molar-refractivity contribution in [3.8, 4) is 0 Å². The van der Waals surface area contributed by atoms with Gasteiger partial charge in [0.1, 0.15) is 5.92 Å². The van der Waals surface area contributed by atoms with E-state index in [1.54, 1.807) is 4.90 Å². The Bertz CT molecular complexity index is 357. The second-order valence-corrected chi connectivity index (χ2v) is 5.25. The fraction of sp³-hybridized carbons (Fsp3) is 0.846. The smallest absolute Gasteiger partial charge is 0.318 e. The van der Waals surface area contributed by atoms with Crippen molar-refractivity contribution in [3.05, 3.63) is 0 Å². The molecule has 0 aromatic heterocycles. The minimum absolute atomic E-state index is 0.0208. The molecule has 2 amide bonds. The summed E-state index contributed by atoms with van der Waals surface area (Å²) in [5.41, 5.74) is 0. The number of nitrogens with zero attached hydrogens (tertiary/aromatic N) is 1. The Morgan fingerprint density at radius 1 is 1.30 bits per heavy atom. The molecule has 0 radical (unpaired) electrons. The Hall–Kier alpha value is -1.34. The first-order chi connectivity index (χ1) is 9.63. The zero-order valence-corrected chi connectivity index (χ0v) is 11.7. The second kappa shape index (κ2) is 6.90. The van der Waals surface area contributed by atoms with E-state index in [0.29, 0.717) is 19.8 Å². The lowest BCUT2D eigenvalue weighted by molar-refractivity contribution is -0.142. The van der Waals surface area contributed by atoms with E-state index in [4.69, 9.17) is 9.47 Å². The number of urea groups is 1. The summed E-state index contributed by atoms with van der Waals surface area (Å²) in [6.45, 7) is 4.12. The fourth-order valence-corrected chi connectivity index (χ4v) is 2.65. The molecule has 2 aliphatic heterocycles. The highest BCUT2D eigenvalue weighted by atomic mass is 16.5. The lowest BCUT2D eigenvalue weighted by Crippen LogP contribution is -2.53. The summed E-state index contributed by atoms with van der Waals surface area (Å²) < 4.78 is 10.5. The third-order valence-electron chi connectivity index (χ3n) is 3.75. The number of carboxylic acids is 1. The molecule has 2 heterocycles. The SMILES string of the molecule is CCCN(C(=O)NC1CCOC1)C1COCC1C(=O)O. The van der Waals surface area contributed by atoms with Crippen molar-refractivity contribution in [3.63, 3.8) is 0 Å². The number of carboxylic acid groups (broad SMARTS) is 1. The predicted octanol–water partition coefficient (Wildman–Crippen LogP) is 0.297. The number of carbonyl (C=O) groups is 2. The van der Waals surface area contributed by atoms with Gasteiger partial charge in [-0.15, -0.1) is 0 Å². The van der Waals surface area contributed by atoms with Crippen LogP contribution in [0.3, 0.4) is 0 Å². The Morgan fingerprint density at radius 2 is 2.10 bits per heavy atom. The molecule has 0 bridgehead atoms. The summed E-state index contributed by atoms with van der Waals surface area (Å²) in [7, 11) is 0. The largest absolute Gasteiger partial charge is 0.481 e. The standard InChI is InChI=1S/C13H22N2O5/c1-2-4-15(11-8-20-7-10(11)12(16)17)13(18)14-9-3-5-19-6-9/h9-11H,2-8H2,1H3,(H,14,18)(H,16,17). The molecule has 114 valence electrons. The first kappa shape index (κ1) is 15.1. The van der Waals surface area contributed by atoms with E-state index in [-0.39, 0.29) is 25.3 Å². The van der Waals surface area contributed by atoms with E-state index in [1.165, 1.54) is 0 Å². The maximum Gasteiger partial charge on any atom is 0.318 e. The van der Waals surface area contributed by atoms with Crippen LogP contribution in [-0.4, -0.2) is 67.1 Å². The van der Waals surface area contributed by atoms with Crippen molar-refractivity contribution in [2.75, 3.05) is 33.0 Å². The molecule has 20 heavy (non-hydrogen) atoms.